The number of thiophene rings is 1. The van der Waals surface area contributed by atoms with E-state index in [1.807, 2.05) is 32.0 Å². The number of rotatable bonds is 7. The molecule has 0 fully saturated rings. The molecule has 0 saturated carbocycles. The summed E-state index contributed by atoms with van der Waals surface area (Å²) < 4.78 is 10.6. The summed E-state index contributed by atoms with van der Waals surface area (Å²) in [4.78, 5) is 47.6. The molecule has 200 valence electrons. The minimum Gasteiger partial charge on any atom is -0.465 e. The second-order valence-corrected chi connectivity index (χ2v) is 10.4. The maximum absolute atomic E-state index is 13.3. The first-order chi connectivity index (χ1) is 18.8. The Kier molecular flexibility index (Phi) is 7.34. The van der Waals surface area contributed by atoms with E-state index in [2.05, 4.69) is 21.4 Å². The predicted molar refractivity (Wildman–Crippen MR) is 150 cm³/mol. The number of carbonyl (C=O) groups is 3. The molecule has 0 spiro atoms. The van der Waals surface area contributed by atoms with Gasteiger partial charge in [-0.25, -0.2) is 14.6 Å². The van der Waals surface area contributed by atoms with E-state index in [0.717, 1.165) is 45.2 Å². The van der Waals surface area contributed by atoms with E-state index in [4.69, 9.17) is 9.47 Å². The van der Waals surface area contributed by atoms with Crippen molar-refractivity contribution in [2.75, 3.05) is 12.4 Å². The summed E-state index contributed by atoms with van der Waals surface area (Å²) in [5, 5.41) is 3.25. The molecular formula is C30H29N3O5S. The fourth-order valence-electron chi connectivity index (χ4n) is 4.71. The number of nitrogens with zero attached hydrogens (tertiary/aromatic N) is 1. The number of ether oxygens (including phenoxy) is 2. The maximum Gasteiger partial charge on any atom is 0.341 e. The van der Waals surface area contributed by atoms with Crippen LogP contribution < -0.4 is 5.32 Å². The van der Waals surface area contributed by atoms with Crippen LogP contribution in [0.5, 0.6) is 0 Å². The van der Waals surface area contributed by atoms with E-state index < -0.39 is 23.9 Å². The highest BCUT2D eigenvalue weighted by atomic mass is 32.1. The van der Waals surface area contributed by atoms with Gasteiger partial charge >= 0.3 is 11.9 Å². The molecule has 1 unspecified atom stereocenters. The maximum atomic E-state index is 13.3. The van der Waals surface area contributed by atoms with E-state index in [0.29, 0.717) is 22.5 Å². The van der Waals surface area contributed by atoms with Crippen LogP contribution in [0.2, 0.25) is 0 Å². The number of amides is 1. The molecule has 1 aliphatic rings. The van der Waals surface area contributed by atoms with Crippen molar-refractivity contribution in [2.45, 2.75) is 46.1 Å². The molecule has 2 N–H and O–H groups in total. The number of fused-ring (bicyclic) bond motifs is 3. The Morgan fingerprint density at radius 3 is 2.46 bits per heavy atom. The quantitative estimate of drug-likeness (QED) is 0.282. The smallest absolute Gasteiger partial charge is 0.341 e. The average Bonchev–Trinajstić information content (AvgIpc) is 3.49. The zero-order valence-electron chi connectivity index (χ0n) is 22.2. The molecule has 0 saturated heterocycles. The number of H-pyrrole nitrogens is 1. The van der Waals surface area contributed by atoms with Crippen molar-refractivity contribution in [3.63, 3.8) is 0 Å². The zero-order chi connectivity index (χ0) is 27.7. The van der Waals surface area contributed by atoms with Crippen molar-refractivity contribution < 1.29 is 23.9 Å². The number of hydrogen-bond acceptors (Lipinski definition) is 7. The standard InChI is InChI=1S/C30H29N3O5S/c1-5-23(38-29(35)20-12-10-19(11-13-20)26-31-16(2)17(3)32-26)27(34)33-28-24(30(36)37-4)22-15-14-18-8-6-7-9-21(18)25(22)39-28/h6-13,23H,5,14-15H2,1-4H3,(H,31,32)(H,33,34). The number of methoxy groups -OCH3 is 1. The second kappa shape index (κ2) is 10.9. The number of esters is 2. The number of benzene rings is 2. The van der Waals surface area contributed by atoms with E-state index in [-0.39, 0.29) is 6.42 Å². The summed E-state index contributed by atoms with van der Waals surface area (Å²) in [6.45, 7) is 5.64. The van der Waals surface area contributed by atoms with Gasteiger partial charge in [0.1, 0.15) is 10.8 Å². The first-order valence-corrected chi connectivity index (χ1v) is 13.6. The first-order valence-electron chi connectivity index (χ1n) is 12.8. The Labute approximate surface area is 230 Å². The van der Waals surface area contributed by atoms with Gasteiger partial charge in [-0.1, -0.05) is 43.3 Å². The Hall–Kier alpha value is -4.24. The molecule has 5 rings (SSSR count). The van der Waals surface area contributed by atoms with Crippen LogP contribution in [0, 0.1) is 13.8 Å². The van der Waals surface area contributed by atoms with Gasteiger partial charge in [0.05, 0.1) is 23.9 Å². The van der Waals surface area contributed by atoms with E-state index >= 15 is 0 Å². The lowest BCUT2D eigenvalue weighted by Gasteiger charge is -2.17. The van der Waals surface area contributed by atoms with Crippen molar-refractivity contribution in [1.29, 1.82) is 0 Å². The first kappa shape index (κ1) is 26.4. The molecule has 0 aliphatic heterocycles. The number of aryl methyl sites for hydroxylation is 3. The van der Waals surface area contributed by atoms with Gasteiger partial charge in [0, 0.05) is 16.1 Å². The zero-order valence-corrected chi connectivity index (χ0v) is 23.0. The third-order valence-corrected chi connectivity index (χ3v) is 8.16. The Balaban J connectivity index is 1.34. The number of anilines is 1. The molecule has 2 heterocycles. The molecule has 0 bridgehead atoms. The molecule has 4 aromatic rings. The lowest BCUT2D eigenvalue weighted by atomic mass is 9.89. The summed E-state index contributed by atoms with van der Waals surface area (Å²) >= 11 is 1.34. The Morgan fingerprint density at radius 2 is 1.79 bits per heavy atom. The normalized spacial score (nSPS) is 12.7. The summed E-state index contributed by atoms with van der Waals surface area (Å²) in [5.74, 6) is -0.892. The topological polar surface area (TPSA) is 110 Å². The molecule has 8 nitrogen and oxygen atoms in total. The predicted octanol–water partition coefficient (Wildman–Crippen LogP) is 5.88. The van der Waals surface area contributed by atoms with Crippen LogP contribution in [0.4, 0.5) is 5.00 Å². The number of hydrogen-bond donors (Lipinski definition) is 2. The number of aromatic nitrogens is 2. The molecule has 39 heavy (non-hydrogen) atoms. The van der Waals surface area contributed by atoms with Gasteiger partial charge in [0.25, 0.3) is 5.91 Å². The highest BCUT2D eigenvalue weighted by molar-refractivity contribution is 7.20. The average molecular weight is 544 g/mol. The molecule has 2 aromatic carbocycles. The second-order valence-electron chi connectivity index (χ2n) is 9.43. The molecule has 1 aliphatic carbocycles. The summed E-state index contributed by atoms with van der Waals surface area (Å²) in [6, 6.07) is 14.9. The number of imidazole rings is 1. The van der Waals surface area contributed by atoms with Gasteiger partial charge in [-0.05, 0) is 61.9 Å². The van der Waals surface area contributed by atoms with Crippen LogP contribution in [0.3, 0.4) is 0 Å². The summed E-state index contributed by atoms with van der Waals surface area (Å²) in [7, 11) is 1.32. The van der Waals surface area contributed by atoms with Gasteiger partial charge in [-0.2, -0.15) is 0 Å². The Morgan fingerprint density at radius 1 is 1.05 bits per heavy atom. The largest absolute Gasteiger partial charge is 0.465 e. The molecule has 0 radical (unpaired) electrons. The van der Waals surface area contributed by atoms with Gasteiger partial charge < -0.3 is 19.8 Å². The minimum absolute atomic E-state index is 0.266. The lowest BCUT2D eigenvalue weighted by Crippen LogP contribution is -2.32. The minimum atomic E-state index is -1.04. The van der Waals surface area contributed by atoms with Crippen LogP contribution in [-0.2, 0) is 27.1 Å². The fraction of sp³-hybridized carbons (Fsp3) is 0.267. The van der Waals surface area contributed by atoms with Crippen molar-refractivity contribution in [1.82, 2.24) is 9.97 Å². The third-order valence-electron chi connectivity index (χ3n) is 6.97. The van der Waals surface area contributed by atoms with Crippen molar-refractivity contribution in [2.24, 2.45) is 0 Å². The van der Waals surface area contributed by atoms with Crippen LogP contribution in [0.15, 0.2) is 48.5 Å². The molecule has 1 atom stereocenters. The monoisotopic (exact) mass is 543 g/mol. The summed E-state index contributed by atoms with van der Waals surface area (Å²) in [6.07, 6.45) is 0.694. The number of carbonyl (C=O) groups excluding carboxylic acids is 3. The van der Waals surface area contributed by atoms with Gasteiger partial charge in [-0.3, -0.25) is 4.79 Å². The molecule has 2 aromatic heterocycles. The molecule has 9 heteroatoms. The van der Waals surface area contributed by atoms with Crippen LogP contribution in [0.1, 0.15) is 56.6 Å². The molecule has 1 amide bonds. The Bertz CT molecular complexity index is 1550. The molecular weight excluding hydrogens is 514 g/mol. The highest BCUT2D eigenvalue weighted by Crippen LogP contribution is 2.45. The SMILES string of the molecule is CCC(OC(=O)c1ccc(-c2nc(C)c(C)[nH]2)cc1)C(=O)Nc1sc2c(c1C(=O)OC)CCc1ccccc1-2. The van der Waals surface area contributed by atoms with Gasteiger partial charge in [-0.15, -0.1) is 11.3 Å². The number of aromatic amines is 1. The summed E-state index contributed by atoms with van der Waals surface area (Å²) in [5.41, 5.74) is 6.54. The van der Waals surface area contributed by atoms with Crippen LogP contribution >= 0.6 is 11.3 Å². The van der Waals surface area contributed by atoms with Crippen LogP contribution in [0.25, 0.3) is 21.8 Å². The van der Waals surface area contributed by atoms with E-state index in [1.165, 1.54) is 24.0 Å². The lowest BCUT2D eigenvalue weighted by molar-refractivity contribution is -0.124. The van der Waals surface area contributed by atoms with Gasteiger partial charge in [0.2, 0.25) is 0 Å². The fourth-order valence-corrected chi connectivity index (χ4v) is 6.01. The number of nitrogens with one attached hydrogen (secondary N) is 2. The van der Waals surface area contributed by atoms with Crippen molar-refractivity contribution >= 4 is 34.2 Å². The van der Waals surface area contributed by atoms with E-state index in [9.17, 15) is 14.4 Å². The van der Waals surface area contributed by atoms with Crippen molar-refractivity contribution in [3.8, 4) is 21.8 Å². The van der Waals surface area contributed by atoms with Gasteiger partial charge in [0.15, 0.2) is 6.10 Å². The third kappa shape index (κ3) is 5.09. The van der Waals surface area contributed by atoms with Crippen molar-refractivity contribution in [3.05, 3.63) is 82.2 Å². The highest BCUT2D eigenvalue weighted by Gasteiger charge is 2.31. The van der Waals surface area contributed by atoms with E-state index in [1.54, 1.807) is 31.2 Å². The van der Waals surface area contributed by atoms with Crippen LogP contribution in [-0.4, -0.2) is 41.0 Å².